The quantitative estimate of drug-likeness (QED) is 0.344. The number of H-pyrrole nitrogens is 1. The topological polar surface area (TPSA) is 40.7 Å². The molecule has 0 fully saturated rings. The molecule has 2 aromatic carbocycles. The van der Waals surface area contributed by atoms with E-state index in [0.29, 0.717) is 10.0 Å². The predicted octanol–water partition coefficient (Wildman–Crippen LogP) is 7.18. The van der Waals surface area contributed by atoms with Gasteiger partial charge in [-0.1, -0.05) is 92.2 Å². The zero-order valence-electron chi connectivity index (χ0n) is 16.2. The Hall–Kier alpha value is -1.81. The third-order valence-corrected chi connectivity index (χ3v) is 5.62. The van der Waals surface area contributed by atoms with Crippen LogP contribution in [0.1, 0.15) is 56.5 Å². The average molecular weight is 416 g/mol. The van der Waals surface area contributed by atoms with Crippen LogP contribution in [-0.2, 0) is 6.54 Å². The largest absolute Gasteiger partial charge is 0.347 e. The van der Waals surface area contributed by atoms with E-state index in [1.165, 1.54) is 31.2 Å². The Bertz CT molecular complexity index is 861. The Labute approximate surface area is 177 Å². The molecule has 1 atom stereocenters. The Kier molecular flexibility index (Phi) is 7.96. The number of hydrogen-bond acceptors (Lipinski definition) is 2. The van der Waals surface area contributed by atoms with Crippen molar-refractivity contribution in [2.75, 3.05) is 0 Å². The summed E-state index contributed by atoms with van der Waals surface area (Å²) in [5.74, 6) is 0.966. The molecule has 0 aliphatic heterocycles. The van der Waals surface area contributed by atoms with Crippen molar-refractivity contribution in [2.45, 2.75) is 51.6 Å². The van der Waals surface area contributed by atoms with E-state index in [-0.39, 0.29) is 6.04 Å². The molecule has 148 valence electrons. The van der Waals surface area contributed by atoms with Crippen LogP contribution in [0.15, 0.2) is 54.7 Å². The summed E-state index contributed by atoms with van der Waals surface area (Å²) in [6.45, 7) is 3.06. The fraction of sp³-hybridized carbons (Fsp3) is 0.348. The van der Waals surface area contributed by atoms with Gasteiger partial charge < -0.3 is 10.3 Å². The van der Waals surface area contributed by atoms with Crippen LogP contribution in [0.3, 0.4) is 0 Å². The number of aromatic nitrogens is 2. The number of benzene rings is 2. The summed E-state index contributed by atoms with van der Waals surface area (Å²) in [5, 5.41) is 4.77. The summed E-state index contributed by atoms with van der Waals surface area (Å²) >= 11 is 12.2. The number of unbranched alkanes of at least 4 members (excludes halogenated alkanes) is 3. The molecule has 0 saturated heterocycles. The molecule has 1 aromatic heterocycles. The number of imidazole rings is 1. The number of aromatic amines is 1. The summed E-state index contributed by atoms with van der Waals surface area (Å²) in [4.78, 5) is 8.21. The minimum atomic E-state index is 0.189. The van der Waals surface area contributed by atoms with Gasteiger partial charge >= 0.3 is 0 Å². The Morgan fingerprint density at radius 3 is 2.57 bits per heavy atom. The van der Waals surface area contributed by atoms with Gasteiger partial charge in [0.1, 0.15) is 5.82 Å². The maximum atomic E-state index is 6.17. The molecular formula is C23H27Cl2N3. The fourth-order valence-electron chi connectivity index (χ4n) is 3.27. The van der Waals surface area contributed by atoms with Gasteiger partial charge in [0.05, 0.1) is 21.8 Å². The lowest BCUT2D eigenvalue weighted by Crippen LogP contribution is -2.22. The lowest BCUT2D eigenvalue weighted by atomic mass is 10.1. The van der Waals surface area contributed by atoms with Gasteiger partial charge in [0.25, 0.3) is 0 Å². The molecule has 0 bridgehead atoms. The van der Waals surface area contributed by atoms with Crippen molar-refractivity contribution in [3.8, 4) is 11.3 Å². The molecule has 0 aliphatic carbocycles. The second kappa shape index (κ2) is 10.7. The van der Waals surface area contributed by atoms with Gasteiger partial charge in [-0.05, 0) is 24.1 Å². The van der Waals surface area contributed by atoms with E-state index in [4.69, 9.17) is 28.2 Å². The van der Waals surface area contributed by atoms with E-state index in [2.05, 4.69) is 41.5 Å². The van der Waals surface area contributed by atoms with E-state index >= 15 is 0 Å². The SMILES string of the molecule is CCCCCC[C@@H](NCc1ccccc1)c1nc(-c2ccc(Cl)c(Cl)c2)c[nH]1. The van der Waals surface area contributed by atoms with E-state index in [1.54, 1.807) is 0 Å². The standard InChI is InChI=1S/C23H27Cl2N3/c1-2-3-4-8-11-21(26-15-17-9-6-5-7-10-17)23-27-16-22(28-23)18-12-13-19(24)20(25)14-18/h5-7,9-10,12-14,16,21,26H,2-4,8,11,15H2,1H3,(H,27,28)/t21-/m1/s1. The molecular weight excluding hydrogens is 389 g/mol. The lowest BCUT2D eigenvalue weighted by Gasteiger charge is -2.17. The Morgan fingerprint density at radius 2 is 1.82 bits per heavy atom. The summed E-state index contributed by atoms with van der Waals surface area (Å²) < 4.78 is 0. The summed E-state index contributed by atoms with van der Waals surface area (Å²) in [6, 6.07) is 16.3. The molecule has 0 unspecified atom stereocenters. The molecule has 3 nitrogen and oxygen atoms in total. The first-order chi connectivity index (χ1) is 13.7. The first-order valence-corrected chi connectivity index (χ1v) is 10.7. The second-order valence-corrected chi connectivity index (χ2v) is 7.88. The van der Waals surface area contributed by atoms with Gasteiger partial charge in [-0.2, -0.15) is 0 Å². The van der Waals surface area contributed by atoms with Crippen molar-refractivity contribution < 1.29 is 0 Å². The Balaban J connectivity index is 1.72. The highest BCUT2D eigenvalue weighted by Crippen LogP contribution is 2.29. The van der Waals surface area contributed by atoms with Crippen molar-refractivity contribution in [2.24, 2.45) is 0 Å². The van der Waals surface area contributed by atoms with Gasteiger partial charge in [-0.15, -0.1) is 0 Å². The normalized spacial score (nSPS) is 12.2. The van der Waals surface area contributed by atoms with Crippen LogP contribution in [0.5, 0.6) is 0 Å². The zero-order valence-corrected chi connectivity index (χ0v) is 17.7. The van der Waals surface area contributed by atoms with Crippen LogP contribution in [0.2, 0.25) is 10.0 Å². The highest BCUT2D eigenvalue weighted by Gasteiger charge is 2.16. The van der Waals surface area contributed by atoms with Crippen molar-refractivity contribution in [3.05, 3.63) is 76.2 Å². The third-order valence-electron chi connectivity index (χ3n) is 4.88. The number of rotatable bonds is 10. The molecule has 1 heterocycles. The second-order valence-electron chi connectivity index (χ2n) is 7.07. The van der Waals surface area contributed by atoms with Gasteiger partial charge in [0.2, 0.25) is 0 Å². The zero-order chi connectivity index (χ0) is 19.8. The molecule has 2 N–H and O–H groups in total. The highest BCUT2D eigenvalue weighted by molar-refractivity contribution is 6.42. The molecule has 0 amide bonds. The van der Waals surface area contributed by atoms with Crippen molar-refractivity contribution in [3.63, 3.8) is 0 Å². The number of nitrogens with one attached hydrogen (secondary N) is 2. The van der Waals surface area contributed by atoms with E-state index in [0.717, 1.165) is 30.0 Å². The number of halogens is 2. The highest BCUT2D eigenvalue weighted by atomic mass is 35.5. The van der Waals surface area contributed by atoms with Crippen molar-refractivity contribution in [1.29, 1.82) is 0 Å². The molecule has 5 heteroatoms. The van der Waals surface area contributed by atoms with Crippen molar-refractivity contribution >= 4 is 23.2 Å². The average Bonchev–Trinajstić information content (AvgIpc) is 3.20. The third kappa shape index (κ3) is 5.84. The van der Waals surface area contributed by atoms with Crippen LogP contribution in [0.4, 0.5) is 0 Å². The maximum Gasteiger partial charge on any atom is 0.124 e. The number of nitrogens with zero attached hydrogens (tertiary/aromatic N) is 1. The molecule has 3 aromatic rings. The molecule has 0 saturated carbocycles. The van der Waals surface area contributed by atoms with Gasteiger partial charge in [0.15, 0.2) is 0 Å². The first-order valence-electron chi connectivity index (χ1n) is 9.95. The van der Waals surface area contributed by atoms with Crippen LogP contribution < -0.4 is 5.32 Å². The minimum absolute atomic E-state index is 0.189. The predicted molar refractivity (Wildman–Crippen MR) is 119 cm³/mol. The minimum Gasteiger partial charge on any atom is -0.347 e. The van der Waals surface area contributed by atoms with Crippen LogP contribution in [0, 0.1) is 0 Å². The summed E-state index contributed by atoms with van der Waals surface area (Å²) in [6.07, 6.45) is 7.95. The molecule has 0 radical (unpaired) electrons. The van der Waals surface area contributed by atoms with E-state index in [9.17, 15) is 0 Å². The van der Waals surface area contributed by atoms with Gasteiger partial charge in [-0.3, -0.25) is 0 Å². The molecule has 0 spiro atoms. The van der Waals surface area contributed by atoms with Crippen LogP contribution in [-0.4, -0.2) is 9.97 Å². The molecule has 0 aliphatic rings. The fourth-order valence-corrected chi connectivity index (χ4v) is 3.56. The van der Waals surface area contributed by atoms with E-state index < -0.39 is 0 Å². The van der Waals surface area contributed by atoms with Gasteiger partial charge in [0, 0.05) is 18.3 Å². The smallest absolute Gasteiger partial charge is 0.124 e. The van der Waals surface area contributed by atoms with Crippen molar-refractivity contribution in [1.82, 2.24) is 15.3 Å². The van der Waals surface area contributed by atoms with Crippen LogP contribution >= 0.6 is 23.2 Å². The Morgan fingerprint density at radius 1 is 1.00 bits per heavy atom. The first kappa shape index (κ1) is 20.9. The monoisotopic (exact) mass is 415 g/mol. The molecule has 28 heavy (non-hydrogen) atoms. The number of hydrogen-bond donors (Lipinski definition) is 2. The van der Waals surface area contributed by atoms with Gasteiger partial charge in [-0.25, -0.2) is 4.98 Å². The lowest BCUT2D eigenvalue weighted by molar-refractivity contribution is 0.453. The summed E-state index contributed by atoms with van der Waals surface area (Å²) in [5.41, 5.74) is 3.12. The van der Waals surface area contributed by atoms with E-state index in [1.807, 2.05) is 30.5 Å². The maximum absolute atomic E-state index is 6.17. The summed E-state index contributed by atoms with van der Waals surface area (Å²) in [7, 11) is 0. The molecule has 3 rings (SSSR count). The van der Waals surface area contributed by atoms with Crippen LogP contribution in [0.25, 0.3) is 11.3 Å².